The molecule has 0 radical (unpaired) electrons. The van der Waals surface area contributed by atoms with E-state index in [1.165, 1.54) is 19.3 Å². The molecule has 0 aromatic heterocycles. The molecule has 1 amide bonds. The van der Waals surface area contributed by atoms with Crippen molar-refractivity contribution in [1.29, 1.82) is 0 Å². The SMILES string of the molecule is C[C@@H]1CCCC[C@H]1NC(=O)COc1ccccc1Br. The van der Waals surface area contributed by atoms with Crippen LogP contribution in [0.4, 0.5) is 0 Å². The number of halogens is 1. The van der Waals surface area contributed by atoms with E-state index in [4.69, 9.17) is 4.74 Å². The minimum atomic E-state index is -0.0329. The van der Waals surface area contributed by atoms with Gasteiger partial charge in [-0.2, -0.15) is 0 Å². The van der Waals surface area contributed by atoms with Crippen LogP contribution in [0, 0.1) is 5.92 Å². The highest BCUT2D eigenvalue weighted by atomic mass is 79.9. The van der Waals surface area contributed by atoms with Gasteiger partial charge in [0.2, 0.25) is 0 Å². The van der Waals surface area contributed by atoms with Crippen LogP contribution in [-0.2, 0) is 4.79 Å². The van der Waals surface area contributed by atoms with Crippen LogP contribution in [0.2, 0.25) is 0 Å². The molecule has 1 aliphatic rings. The molecule has 3 nitrogen and oxygen atoms in total. The van der Waals surface area contributed by atoms with Crippen LogP contribution in [0.1, 0.15) is 32.6 Å². The first-order chi connectivity index (χ1) is 9.16. The summed E-state index contributed by atoms with van der Waals surface area (Å²) in [7, 11) is 0. The average Bonchev–Trinajstić information content (AvgIpc) is 2.40. The summed E-state index contributed by atoms with van der Waals surface area (Å²) in [5.41, 5.74) is 0. The van der Waals surface area contributed by atoms with Gasteiger partial charge in [0.1, 0.15) is 5.75 Å². The Morgan fingerprint density at radius 1 is 1.37 bits per heavy atom. The fraction of sp³-hybridized carbons (Fsp3) is 0.533. The van der Waals surface area contributed by atoms with Crippen molar-refractivity contribution in [2.24, 2.45) is 5.92 Å². The average molecular weight is 326 g/mol. The zero-order valence-corrected chi connectivity index (χ0v) is 12.8. The summed E-state index contributed by atoms with van der Waals surface area (Å²) in [6, 6.07) is 7.86. The number of ether oxygens (including phenoxy) is 1. The second kappa shape index (κ2) is 6.94. The van der Waals surface area contributed by atoms with E-state index in [0.29, 0.717) is 17.7 Å². The molecule has 19 heavy (non-hydrogen) atoms. The van der Waals surface area contributed by atoms with Gasteiger partial charge in [-0.15, -0.1) is 0 Å². The molecule has 1 N–H and O–H groups in total. The predicted molar refractivity (Wildman–Crippen MR) is 79.2 cm³/mol. The number of amides is 1. The van der Waals surface area contributed by atoms with E-state index in [2.05, 4.69) is 28.2 Å². The number of benzene rings is 1. The zero-order chi connectivity index (χ0) is 13.7. The first-order valence-electron chi connectivity index (χ1n) is 6.83. The lowest BCUT2D eigenvalue weighted by Gasteiger charge is -2.29. The normalized spacial score (nSPS) is 22.8. The van der Waals surface area contributed by atoms with Gasteiger partial charge >= 0.3 is 0 Å². The van der Waals surface area contributed by atoms with E-state index >= 15 is 0 Å². The minimum Gasteiger partial charge on any atom is -0.483 e. The lowest BCUT2D eigenvalue weighted by atomic mass is 9.86. The summed E-state index contributed by atoms with van der Waals surface area (Å²) in [6.45, 7) is 2.28. The van der Waals surface area contributed by atoms with Crippen LogP contribution in [0.3, 0.4) is 0 Å². The van der Waals surface area contributed by atoms with Gasteiger partial charge in [-0.1, -0.05) is 31.9 Å². The quantitative estimate of drug-likeness (QED) is 0.919. The van der Waals surface area contributed by atoms with Crippen molar-refractivity contribution in [1.82, 2.24) is 5.32 Å². The molecule has 1 saturated carbocycles. The number of carbonyl (C=O) groups is 1. The summed E-state index contributed by atoms with van der Waals surface area (Å²) in [6.07, 6.45) is 4.78. The number of para-hydroxylation sites is 1. The van der Waals surface area contributed by atoms with E-state index in [1.807, 2.05) is 24.3 Å². The van der Waals surface area contributed by atoms with Gasteiger partial charge in [0.05, 0.1) is 4.47 Å². The Morgan fingerprint density at radius 3 is 2.84 bits per heavy atom. The molecule has 2 atom stereocenters. The maximum absolute atomic E-state index is 11.9. The maximum Gasteiger partial charge on any atom is 0.258 e. The number of rotatable bonds is 4. The monoisotopic (exact) mass is 325 g/mol. The molecule has 104 valence electrons. The summed E-state index contributed by atoms with van der Waals surface area (Å²) in [5, 5.41) is 3.08. The lowest BCUT2D eigenvalue weighted by Crippen LogP contribution is -2.43. The Labute approximate surface area is 122 Å². The third-order valence-corrected chi connectivity index (χ3v) is 4.31. The van der Waals surface area contributed by atoms with Crippen molar-refractivity contribution >= 4 is 21.8 Å². The van der Waals surface area contributed by atoms with Gasteiger partial charge in [0, 0.05) is 6.04 Å². The van der Waals surface area contributed by atoms with E-state index < -0.39 is 0 Å². The largest absolute Gasteiger partial charge is 0.483 e. The van der Waals surface area contributed by atoms with E-state index in [1.54, 1.807) is 0 Å². The number of hydrogen-bond acceptors (Lipinski definition) is 2. The molecule has 2 rings (SSSR count). The molecular weight excluding hydrogens is 306 g/mol. The number of nitrogens with one attached hydrogen (secondary N) is 1. The molecule has 0 spiro atoms. The number of carbonyl (C=O) groups excluding carboxylic acids is 1. The van der Waals surface area contributed by atoms with Crippen LogP contribution in [-0.4, -0.2) is 18.6 Å². The zero-order valence-electron chi connectivity index (χ0n) is 11.2. The minimum absolute atomic E-state index is 0.0329. The van der Waals surface area contributed by atoms with Gasteiger partial charge in [-0.25, -0.2) is 0 Å². The fourth-order valence-electron chi connectivity index (χ4n) is 2.48. The summed E-state index contributed by atoms with van der Waals surface area (Å²) in [4.78, 5) is 11.9. The van der Waals surface area contributed by atoms with Crippen molar-refractivity contribution in [3.8, 4) is 5.75 Å². The van der Waals surface area contributed by atoms with Crippen LogP contribution >= 0.6 is 15.9 Å². The van der Waals surface area contributed by atoms with Crippen LogP contribution in [0.15, 0.2) is 28.7 Å². The Hall–Kier alpha value is -1.03. The Morgan fingerprint density at radius 2 is 2.11 bits per heavy atom. The second-order valence-corrected chi connectivity index (χ2v) is 6.01. The molecule has 0 heterocycles. The van der Waals surface area contributed by atoms with Gasteiger partial charge in [-0.3, -0.25) is 4.79 Å². The van der Waals surface area contributed by atoms with Crippen molar-refractivity contribution in [3.05, 3.63) is 28.7 Å². The molecule has 0 unspecified atom stereocenters. The van der Waals surface area contributed by atoms with E-state index in [0.717, 1.165) is 10.9 Å². The first-order valence-corrected chi connectivity index (χ1v) is 7.63. The highest BCUT2D eigenvalue weighted by Crippen LogP contribution is 2.25. The molecular formula is C15H20BrNO2. The van der Waals surface area contributed by atoms with Crippen molar-refractivity contribution in [2.75, 3.05) is 6.61 Å². The molecule has 1 aliphatic carbocycles. The Kier molecular flexibility index (Phi) is 5.25. The van der Waals surface area contributed by atoms with Crippen LogP contribution in [0.25, 0.3) is 0 Å². The molecule has 0 bridgehead atoms. The highest BCUT2D eigenvalue weighted by Gasteiger charge is 2.22. The van der Waals surface area contributed by atoms with Crippen molar-refractivity contribution < 1.29 is 9.53 Å². The molecule has 1 fully saturated rings. The van der Waals surface area contributed by atoms with Crippen LogP contribution in [0.5, 0.6) is 5.75 Å². The van der Waals surface area contributed by atoms with Gasteiger partial charge in [0.25, 0.3) is 5.91 Å². The smallest absolute Gasteiger partial charge is 0.258 e. The summed E-state index contributed by atoms with van der Waals surface area (Å²) in [5.74, 6) is 1.24. The molecule has 4 heteroatoms. The molecule has 1 aromatic carbocycles. The molecule has 1 aromatic rings. The van der Waals surface area contributed by atoms with Crippen molar-refractivity contribution in [3.63, 3.8) is 0 Å². The van der Waals surface area contributed by atoms with Crippen LogP contribution < -0.4 is 10.1 Å². The lowest BCUT2D eigenvalue weighted by molar-refractivity contribution is -0.124. The molecule has 0 saturated heterocycles. The van der Waals surface area contributed by atoms with Gasteiger partial charge < -0.3 is 10.1 Å². The maximum atomic E-state index is 11.9. The van der Waals surface area contributed by atoms with Gasteiger partial charge in [-0.05, 0) is 46.8 Å². The number of hydrogen-bond donors (Lipinski definition) is 1. The topological polar surface area (TPSA) is 38.3 Å². The first kappa shape index (κ1) is 14.4. The third-order valence-electron chi connectivity index (χ3n) is 3.65. The Bertz CT molecular complexity index is 436. The third kappa shape index (κ3) is 4.23. The standard InChI is InChI=1S/C15H20BrNO2/c1-11-6-2-4-8-13(11)17-15(18)10-19-14-9-5-3-7-12(14)16/h3,5,7,9,11,13H,2,4,6,8,10H2,1H3,(H,17,18)/t11-,13-/m1/s1. The van der Waals surface area contributed by atoms with Gasteiger partial charge in [0.15, 0.2) is 6.61 Å². The highest BCUT2D eigenvalue weighted by molar-refractivity contribution is 9.10. The van der Waals surface area contributed by atoms with E-state index in [9.17, 15) is 4.79 Å². The summed E-state index contributed by atoms with van der Waals surface area (Å²) >= 11 is 3.40. The van der Waals surface area contributed by atoms with Crippen molar-refractivity contribution in [2.45, 2.75) is 38.6 Å². The molecule has 0 aliphatic heterocycles. The fourth-order valence-corrected chi connectivity index (χ4v) is 2.88. The second-order valence-electron chi connectivity index (χ2n) is 5.15. The summed E-state index contributed by atoms with van der Waals surface area (Å²) < 4.78 is 6.39. The predicted octanol–water partition coefficient (Wildman–Crippen LogP) is 3.52. The van der Waals surface area contributed by atoms with E-state index in [-0.39, 0.29) is 12.5 Å². The Balaban J connectivity index is 1.80.